The van der Waals surface area contributed by atoms with Crippen LogP contribution in [0.1, 0.15) is 39.7 Å². The summed E-state index contributed by atoms with van der Waals surface area (Å²) in [5.74, 6) is -2.87. The van der Waals surface area contributed by atoms with Gasteiger partial charge in [0.15, 0.2) is 17.4 Å². The van der Waals surface area contributed by atoms with E-state index in [0.29, 0.717) is 13.0 Å². The largest absolute Gasteiger partial charge is 0.380 e. The standard InChI is InChI=1S/C21H31O7P/c1-20(2)24-13-15(25-20)16-17-18(27-21(3,4)26-17)19(22)29(23,28-16)12-8-11-14-9-6-5-7-10-14/h5-7,9-10,15-19,22H,8,11-13H2,1-4H3/t15-,16-,17+,18+,19-,29?/m1/s1. The summed E-state index contributed by atoms with van der Waals surface area (Å²) < 4.78 is 43.5. The van der Waals surface area contributed by atoms with Gasteiger partial charge in [-0.15, -0.1) is 0 Å². The van der Waals surface area contributed by atoms with E-state index in [1.165, 1.54) is 0 Å². The maximum atomic E-state index is 13.7. The molecule has 29 heavy (non-hydrogen) atoms. The van der Waals surface area contributed by atoms with E-state index >= 15 is 0 Å². The lowest BCUT2D eigenvalue weighted by atomic mass is 10.0. The van der Waals surface area contributed by atoms with Crippen LogP contribution >= 0.6 is 7.37 Å². The molecule has 0 radical (unpaired) electrons. The minimum Gasteiger partial charge on any atom is -0.380 e. The van der Waals surface area contributed by atoms with E-state index in [-0.39, 0.29) is 6.16 Å². The van der Waals surface area contributed by atoms with E-state index in [2.05, 4.69) is 0 Å². The number of ether oxygens (including phenoxy) is 4. The Morgan fingerprint density at radius 1 is 1.00 bits per heavy atom. The Kier molecular flexibility index (Phi) is 5.71. The molecular weight excluding hydrogens is 395 g/mol. The molecule has 0 saturated carbocycles. The summed E-state index contributed by atoms with van der Waals surface area (Å²) in [6, 6.07) is 10.0. The van der Waals surface area contributed by atoms with E-state index in [4.69, 9.17) is 23.5 Å². The van der Waals surface area contributed by atoms with Crippen molar-refractivity contribution in [3.8, 4) is 0 Å². The molecule has 0 bridgehead atoms. The number of aryl methyl sites for hydroxylation is 1. The van der Waals surface area contributed by atoms with Crippen LogP contribution in [0.4, 0.5) is 0 Å². The molecule has 3 aliphatic heterocycles. The van der Waals surface area contributed by atoms with E-state index < -0.39 is 49.2 Å². The highest BCUT2D eigenvalue weighted by Crippen LogP contribution is 2.61. The lowest BCUT2D eigenvalue weighted by Gasteiger charge is -2.41. The van der Waals surface area contributed by atoms with Crippen molar-refractivity contribution in [3.63, 3.8) is 0 Å². The number of hydrogen-bond donors (Lipinski definition) is 1. The van der Waals surface area contributed by atoms with Crippen molar-refractivity contribution in [3.05, 3.63) is 35.9 Å². The lowest BCUT2D eigenvalue weighted by molar-refractivity contribution is -0.174. The van der Waals surface area contributed by atoms with Crippen molar-refractivity contribution in [2.24, 2.45) is 0 Å². The molecule has 1 aromatic carbocycles. The van der Waals surface area contributed by atoms with Gasteiger partial charge in [-0.05, 0) is 46.1 Å². The molecule has 4 rings (SSSR count). The fourth-order valence-corrected chi connectivity index (χ4v) is 6.78. The van der Waals surface area contributed by atoms with Gasteiger partial charge >= 0.3 is 0 Å². The molecule has 0 amide bonds. The second-order valence-electron chi connectivity index (χ2n) is 8.95. The highest BCUT2D eigenvalue weighted by molar-refractivity contribution is 7.59. The summed E-state index contributed by atoms with van der Waals surface area (Å²) >= 11 is 0. The first-order valence-electron chi connectivity index (χ1n) is 10.3. The molecule has 3 fully saturated rings. The molecule has 162 valence electrons. The van der Waals surface area contributed by atoms with Crippen LogP contribution in [0, 0.1) is 0 Å². The zero-order chi connectivity index (χ0) is 20.9. The Bertz CT molecular complexity index is 766. The third-order valence-electron chi connectivity index (χ3n) is 5.66. The Labute approximate surface area is 172 Å². The van der Waals surface area contributed by atoms with Crippen LogP contribution in [0.3, 0.4) is 0 Å². The number of rotatable bonds is 5. The lowest BCUT2D eigenvalue weighted by Crippen LogP contribution is -2.54. The van der Waals surface area contributed by atoms with Crippen LogP contribution in [0.5, 0.6) is 0 Å². The van der Waals surface area contributed by atoms with Crippen molar-refractivity contribution >= 4 is 7.37 Å². The average Bonchev–Trinajstić information content (AvgIpc) is 3.18. The van der Waals surface area contributed by atoms with Gasteiger partial charge in [0.25, 0.3) is 0 Å². The van der Waals surface area contributed by atoms with E-state index in [9.17, 15) is 9.67 Å². The van der Waals surface area contributed by atoms with E-state index in [1.54, 1.807) is 13.8 Å². The first kappa shape index (κ1) is 21.4. The zero-order valence-electron chi connectivity index (χ0n) is 17.4. The summed E-state index contributed by atoms with van der Waals surface area (Å²) in [5.41, 5.74) is 1.16. The van der Waals surface area contributed by atoms with Crippen molar-refractivity contribution in [2.75, 3.05) is 12.8 Å². The fourth-order valence-electron chi connectivity index (χ4n) is 4.34. The van der Waals surface area contributed by atoms with Gasteiger partial charge in [-0.2, -0.15) is 0 Å². The number of hydrogen-bond acceptors (Lipinski definition) is 7. The van der Waals surface area contributed by atoms with Crippen LogP contribution in [0.2, 0.25) is 0 Å². The first-order chi connectivity index (χ1) is 13.6. The summed E-state index contributed by atoms with van der Waals surface area (Å²) in [7, 11) is -3.40. The number of aliphatic hydroxyl groups is 1. The minimum absolute atomic E-state index is 0.267. The predicted octanol–water partition coefficient (Wildman–Crippen LogP) is 3.29. The maximum Gasteiger partial charge on any atom is 0.233 e. The summed E-state index contributed by atoms with van der Waals surface area (Å²) in [4.78, 5) is 0. The normalized spacial score (nSPS) is 40.7. The molecular formula is C21H31O7P. The third-order valence-corrected chi connectivity index (χ3v) is 8.30. The molecule has 1 N–H and O–H groups in total. The Morgan fingerprint density at radius 3 is 2.34 bits per heavy atom. The smallest absolute Gasteiger partial charge is 0.233 e. The zero-order valence-corrected chi connectivity index (χ0v) is 18.3. The maximum absolute atomic E-state index is 13.7. The van der Waals surface area contributed by atoms with Gasteiger partial charge in [0, 0.05) is 6.16 Å². The van der Waals surface area contributed by atoms with Crippen molar-refractivity contribution in [1.82, 2.24) is 0 Å². The fraction of sp³-hybridized carbons (Fsp3) is 0.714. The Morgan fingerprint density at radius 2 is 1.69 bits per heavy atom. The second kappa shape index (κ2) is 7.72. The van der Waals surface area contributed by atoms with Gasteiger partial charge < -0.3 is 28.6 Å². The SMILES string of the molecule is CC1(C)O[C@H]2[C@@H]([C@H]3COC(C)(C)O3)OP(=O)(CCCc3ccccc3)[C@@H](O)[C@H]2O1. The van der Waals surface area contributed by atoms with E-state index in [1.807, 2.05) is 44.2 Å². The Balaban J connectivity index is 1.52. The number of aliphatic hydroxyl groups excluding tert-OH is 1. The van der Waals surface area contributed by atoms with Gasteiger partial charge in [0.2, 0.25) is 7.37 Å². The van der Waals surface area contributed by atoms with Crippen LogP contribution in [-0.4, -0.2) is 59.7 Å². The molecule has 3 aliphatic rings. The van der Waals surface area contributed by atoms with Crippen molar-refractivity contribution < 1.29 is 33.1 Å². The second-order valence-corrected chi connectivity index (χ2v) is 11.6. The third kappa shape index (κ3) is 4.47. The first-order valence-corrected chi connectivity index (χ1v) is 12.1. The van der Waals surface area contributed by atoms with Gasteiger partial charge in [-0.1, -0.05) is 30.3 Å². The number of fused-ring (bicyclic) bond motifs is 1. The minimum atomic E-state index is -3.40. The van der Waals surface area contributed by atoms with Crippen LogP contribution in [-0.2, 0) is 34.5 Å². The molecule has 3 heterocycles. The summed E-state index contributed by atoms with van der Waals surface area (Å²) in [6.45, 7) is 7.54. The molecule has 7 nitrogen and oxygen atoms in total. The molecule has 1 aromatic rings. The van der Waals surface area contributed by atoms with Gasteiger partial charge in [0.05, 0.1) is 6.61 Å². The molecule has 0 aromatic heterocycles. The molecule has 8 heteroatoms. The number of benzene rings is 1. The molecule has 0 aliphatic carbocycles. The predicted molar refractivity (Wildman–Crippen MR) is 107 cm³/mol. The van der Waals surface area contributed by atoms with Crippen LogP contribution in [0.15, 0.2) is 30.3 Å². The van der Waals surface area contributed by atoms with Crippen molar-refractivity contribution in [2.45, 2.75) is 82.4 Å². The molecule has 6 atom stereocenters. The molecule has 3 saturated heterocycles. The average molecular weight is 426 g/mol. The molecule has 0 spiro atoms. The quantitative estimate of drug-likeness (QED) is 0.724. The summed E-state index contributed by atoms with van der Waals surface area (Å²) in [5, 5.41) is 10.9. The van der Waals surface area contributed by atoms with Crippen LogP contribution < -0.4 is 0 Å². The molecule has 1 unspecified atom stereocenters. The van der Waals surface area contributed by atoms with Crippen LogP contribution in [0.25, 0.3) is 0 Å². The highest BCUT2D eigenvalue weighted by Gasteiger charge is 2.61. The Hall–Kier alpha value is -0.790. The van der Waals surface area contributed by atoms with Gasteiger partial charge in [0.1, 0.15) is 24.4 Å². The van der Waals surface area contributed by atoms with E-state index in [0.717, 1.165) is 12.0 Å². The highest BCUT2D eigenvalue weighted by atomic mass is 31.2. The van der Waals surface area contributed by atoms with Gasteiger partial charge in [-0.3, -0.25) is 4.57 Å². The topological polar surface area (TPSA) is 83.5 Å². The monoisotopic (exact) mass is 426 g/mol. The van der Waals surface area contributed by atoms with Gasteiger partial charge in [-0.25, -0.2) is 0 Å². The van der Waals surface area contributed by atoms with Crippen molar-refractivity contribution in [1.29, 1.82) is 0 Å². The summed E-state index contributed by atoms with van der Waals surface area (Å²) in [6.07, 6.45) is -0.695.